The van der Waals surface area contributed by atoms with Crippen molar-refractivity contribution in [3.63, 3.8) is 0 Å². The molecule has 2 aliphatic rings. The minimum atomic E-state index is 0.335. The number of likely N-dealkylation sites (tertiary alicyclic amines) is 1. The molecule has 3 rings (SSSR count). The Morgan fingerprint density at radius 2 is 1.87 bits per heavy atom. The van der Waals surface area contributed by atoms with Gasteiger partial charge in [0.15, 0.2) is 5.96 Å². The van der Waals surface area contributed by atoms with Gasteiger partial charge in [0.1, 0.15) is 0 Å². The molecule has 6 nitrogen and oxygen atoms in total. The van der Waals surface area contributed by atoms with Gasteiger partial charge in [0.05, 0.1) is 19.3 Å². The van der Waals surface area contributed by atoms with Crippen LogP contribution in [-0.2, 0) is 22.6 Å². The average Bonchev–Trinajstić information content (AvgIpc) is 3.13. The zero-order valence-electron chi connectivity index (χ0n) is 19.2. The Morgan fingerprint density at radius 1 is 1.17 bits per heavy atom. The first-order valence-corrected chi connectivity index (χ1v) is 11.6. The van der Waals surface area contributed by atoms with Crippen LogP contribution >= 0.6 is 0 Å². The molecule has 0 radical (unpaired) electrons. The third-order valence-corrected chi connectivity index (χ3v) is 6.13. The zero-order valence-corrected chi connectivity index (χ0v) is 19.2. The summed E-state index contributed by atoms with van der Waals surface area (Å²) in [6.07, 6.45) is 2.34. The van der Waals surface area contributed by atoms with Crippen LogP contribution in [-0.4, -0.2) is 61.9 Å². The predicted octanol–water partition coefficient (Wildman–Crippen LogP) is 3.17. The van der Waals surface area contributed by atoms with E-state index in [1.54, 1.807) is 0 Å². The lowest BCUT2D eigenvalue weighted by molar-refractivity contribution is -0.0390. The predicted molar refractivity (Wildman–Crippen MR) is 123 cm³/mol. The SMILES string of the molecule is CCNC(=NCc1ccc(COC2CCOCC2)cc1)NC1CN(C(C)C)CC1C. The van der Waals surface area contributed by atoms with Gasteiger partial charge in [-0.25, -0.2) is 4.99 Å². The fraction of sp³-hybridized carbons (Fsp3) is 0.708. The Kier molecular flexibility index (Phi) is 8.97. The molecule has 0 aromatic heterocycles. The molecule has 0 amide bonds. The van der Waals surface area contributed by atoms with Crippen LogP contribution in [0.25, 0.3) is 0 Å². The van der Waals surface area contributed by atoms with E-state index in [0.29, 0.717) is 37.3 Å². The molecule has 2 atom stereocenters. The van der Waals surface area contributed by atoms with E-state index in [1.165, 1.54) is 11.1 Å². The first-order valence-electron chi connectivity index (χ1n) is 11.6. The topological polar surface area (TPSA) is 58.1 Å². The van der Waals surface area contributed by atoms with E-state index in [9.17, 15) is 0 Å². The van der Waals surface area contributed by atoms with Gasteiger partial charge in [-0.05, 0) is 50.7 Å². The van der Waals surface area contributed by atoms with Crippen molar-refractivity contribution >= 4 is 5.96 Å². The second-order valence-corrected chi connectivity index (χ2v) is 8.91. The van der Waals surface area contributed by atoms with Crippen molar-refractivity contribution in [1.82, 2.24) is 15.5 Å². The van der Waals surface area contributed by atoms with Crippen molar-refractivity contribution in [3.05, 3.63) is 35.4 Å². The van der Waals surface area contributed by atoms with Crippen molar-refractivity contribution in [1.29, 1.82) is 0 Å². The van der Waals surface area contributed by atoms with Crippen LogP contribution in [0.5, 0.6) is 0 Å². The third kappa shape index (κ3) is 6.96. The Balaban J connectivity index is 1.50. The van der Waals surface area contributed by atoms with Crippen molar-refractivity contribution < 1.29 is 9.47 Å². The minimum absolute atomic E-state index is 0.335. The number of hydrogen-bond donors (Lipinski definition) is 2. The normalized spacial score (nSPS) is 23.8. The molecule has 2 N–H and O–H groups in total. The van der Waals surface area contributed by atoms with E-state index in [2.05, 4.69) is 67.5 Å². The lowest BCUT2D eigenvalue weighted by Crippen LogP contribution is -2.46. The highest BCUT2D eigenvalue weighted by atomic mass is 16.5. The van der Waals surface area contributed by atoms with Crippen LogP contribution < -0.4 is 10.6 Å². The number of nitrogens with zero attached hydrogens (tertiary/aromatic N) is 2. The van der Waals surface area contributed by atoms with Crippen LogP contribution in [0.2, 0.25) is 0 Å². The molecular weight excluding hydrogens is 376 g/mol. The number of ether oxygens (including phenoxy) is 2. The van der Waals surface area contributed by atoms with Gasteiger partial charge in [0.2, 0.25) is 0 Å². The fourth-order valence-corrected chi connectivity index (χ4v) is 4.08. The zero-order chi connectivity index (χ0) is 21.3. The lowest BCUT2D eigenvalue weighted by atomic mass is 10.1. The molecule has 1 aromatic rings. The van der Waals surface area contributed by atoms with E-state index >= 15 is 0 Å². The van der Waals surface area contributed by atoms with E-state index in [1.807, 2.05) is 0 Å². The highest BCUT2D eigenvalue weighted by molar-refractivity contribution is 5.80. The number of nitrogens with one attached hydrogen (secondary N) is 2. The highest BCUT2D eigenvalue weighted by Gasteiger charge is 2.31. The third-order valence-electron chi connectivity index (χ3n) is 6.13. The molecular formula is C24H40N4O2. The van der Waals surface area contributed by atoms with Gasteiger partial charge in [0, 0.05) is 44.9 Å². The Labute approximate surface area is 182 Å². The van der Waals surface area contributed by atoms with Crippen LogP contribution in [0.4, 0.5) is 0 Å². The van der Waals surface area contributed by atoms with Crippen LogP contribution in [0.1, 0.15) is 51.7 Å². The first-order chi connectivity index (χ1) is 14.5. The van der Waals surface area contributed by atoms with Crippen molar-refractivity contribution in [2.75, 3.05) is 32.8 Å². The summed E-state index contributed by atoms with van der Waals surface area (Å²) in [6, 6.07) is 9.67. The van der Waals surface area contributed by atoms with Crippen molar-refractivity contribution in [2.24, 2.45) is 10.9 Å². The van der Waals surface area contributed by atoms with E-state index in [-0.39, 0.29) is 0 Å². The summed E-state index contributed by atoms with van der Waals surface area (Å²) in [5.41, 5.74) is 2.43. The minimum Gasteiger partial charge on any atom is -0.381 e. The molecule has 6 heteroatoms. The summed E-state index contributed by atoms with van der Waals surface area (Å²) in [4.78, 5) is 7.37. The standard InChI is InChI=1S/C24H40N4O2/c1-5-25-24(27-23-16-28(18(2)3)15-19(23)4)26-14-20-6-8-21(9-7-20)17-30-22-10-12-29-13-11-22/h6-9,18-19,22-23H,5,10-17H2,1-4H3,(H2,25,26,27). The monoisotopic (exact) mass is 416 g/mol. The van der Waals surface area contributed by atoms with E-state index in [0.717, 1.165) is 51.6 Å². The quantitative estimate of drug-likeness (QED) is 0.504. The van der Waals surface area contributed by atoms with Crippen molar-refractivity contribution in [3.8, 4) is 0 Å². The molecule has 2 saturated heterocycles. The summed E-state index contributed by atoms with van der Waals surface area (Å²) in [5, 5.41) is 7.06. The maximum Gasteiger partial charge on any atom is 0.191 e. The second-order valence-electron chi connectivity index (χ2n) is 8.91. The summed E-state index contributed by atoms with van der Waals surface area (Å²) < 4.78 is 11.4. The van der Waals surface area contributed by atoms with Gasteiger partial charge in [-0.3, -0.25) is 4.90 Å². The molecule has 0 aliphatic carbocycles. The average molecular weight is 417 g/mol. The maximum absolute atomic E-state index is 6.02. The van der Waals surface area contributed by atoms with E-state index < -0.39 is 0 Å². The van der Waals surface area contributed by atoms with Gasteiger partial charge in [-0.1, -0.05) is 31.2 Å². The van der Waals surface area contributed by atoms with Gasteiger partial charge < -0.3 is 20.1 Å². The number of rotatable bonds is 8. The Hall–Kier alpha value is -1.63. The lowest BCUT2D eigenvalue weighted by Gasteiger charge is -2.22. The van der Waals surface area contributed by atoms with Gasteiger partial charge in [-0.2, -0.15) is 0 Å². The molecule has 1 aromatic carbocycles. The molecule has 2 fully saturated rings. The summed E-state index contributed by atoms with van der Waals surface area (Å²) >= 11 is 0. The largest absolute Gasteiger partial charge is 0.381 e. The number of hydrogen-bond acceptors (Lipinski definition) is 4. The Morgan fingerprint density at radius 3 is 2.50 bits per heavy atom. The van der Waals surface area contributed by atoms with Crippen LogP contribution in [0.15, 0.2) is 29.3 Å². The molecule has 0 spiro atoms. The highest BCUT2D eigenvalue weighted by Crippen LogP contribution is 2.19. The second kappa shape index (κ2) is 11.7. The smallest absolute Gasteiger partial charge is 0.191 e. The number of guanidine groups is 1. The maximum atomic E-state index is 6.02. The van der Waals surface area contributed by atoms with Gasteiger partial charge >= 0.3 is 0 Å². The fourth-order valence-electron chi connectivity index (χ4n) is 4.08. The summed E-state index contributed by atoms with van der Waals surface area (Å²) in [7, 11) is 0. The molecule has 2 heterocycles. The number of benzene rings is 1. The van der Waals surface area contributed by atoms with Gasteiger partial charge in [-0.15, -0.1) is 0 Å². The molecule has 0 saturated carbocycles. The molecule has 168 valence electrons. The summed E-state index contributed by atoms with van der Waals surface area (Å²) in [6.45, 7) is 15.0. The molecule has 0 bridgehead atoms. The molecule has 30 heavy (non-hydrogen) atoms. The summed E-state index contributed by atoms with van der Waals surface area (Å²) in [5.74, 6) is 1.53. The molecule has 2 unspecified atom stereocenters. The Bertz CT molecular complexity index is 656. The van der Waals surface area contributed by atoms with Crippen LogP contribution in [0, 0.1) is 5.92 Å². The molecule has 2 aliphatic heterocycles. The number of aliphatic imine (C=N–C) groups is 1. The van der Waals surface area contributed by atoms with E-state index in [4.69, 9.17) is 14.5 Å². The van der Waals surface area contributed by atoms with Crippen molar-refractivity contribution in [2.45, 2.75) is 71.9 Å². The van der Waals surface area contributed by atoms with Crippen LogP contribution in [0.3, 0.4) is 0 Å². The van der Waals surface area contributed by atoms with Gasteiger partial charge in [0.25, 0.3) is 0 Å². The first kappa shape index (κ1) is 23.0.